The average Bonchev–Trinajstić information content (AvgIpc) is 3.25. The quantitative estimate of drug-likeness (QED) is 0.0688. The molecule has 0 bridgehead atoms. The first-order valence-electron chi connectivity index (χ1n) is 22.7. The van der Waals surface area contributed by atoms with Gasteiger partial charge in [0.15, 0.2) is 61.5 Å². The summed E-state index contributed by atoms with van der Waals surface area (Å²) in [4.78, 5) is 139. The first kappa shape index (κ1) is 60.2. The van der Waals surface area contributed by atoms with Crippen LogP contribution in [-0.2, 0) is 124 Å². The van der Waals surface area contributed by atoms with E-state index in [1.165, 1.54) is 0 Å². The first-order chi connectivity index (χ1) is 33.8. The molecule has 0 aromatic carbocycles. The van der Waals surface area contributed by atoms with Crippen LogP contribution in [0.25, 0.3) is 0 Å². The molecule has 3 aliphatic rings. The van der Waals surface area contributed by atoms with Gasteiger partial charge in [-0.3, -0.25) is 52.7 Å². The average molecular weight is 1040 g/mol. The number of hydrogen-bond acceptors (Lipinski definition) is 27. The molecule has 72 heavy (non-hydrogen) atoms. The van der Waals surface area contributed by atoms with Gasteiger partial charge in [-0.1, -0.05) is 6.42 Å². The number of hydrogen-bond donors (Lipinski definition) is 2. The molecule has 0 aromatic rings. The van der Waals surface area contributed by atoms with Gasteiger partial charge in [-0.05, 0) is 19.4 Å². The Balaban J connectivity index is 2.34. The van der Waals surface area contributed by atoms with Gasteiger partial charge in [0.1, 0.15) is 50.3 Å². The summed E-state index contributed by atoms with van der Waals surface area (Å²) >= 11 is 0. The molecule has 3 N–H and O–H groups in total. The SMILES string of the molecule is CC(=O)OC[C@H]1O[C@@H](O[C@H]2[C@@H](OC(C)=O)[C@@H](COC(C)=O)O[C@@H](O[C@H]3[C@H](OC(C)=O)[C@@H](OC(C)=O)[C@H](NC(=O)CCCCCN)O[C@@H]3COC(C)=O)[C@@H]2OC(C)=O)[C@H](OC(C)=O)[C@@H](OC(C)=O)[C@H]1OC(C)=O. The van der Waals surface area contributed by atoms with Gasteiger partial charge in [-0.2, -0.15) is 0 Å². The molecule has 406 valence electrons. The molecular formula is C44H64N2O26. The zero-order chi connectivity index (χ0) is 54.0. The van der Waals surface area contributed by atoms with Gasteiger partial charge in [0, 0.05) is 75.7 Å². The maximum Gasteiger partial charge on any atom is 0.303 e. The third-order valence-corrected chi connectivity index (χ3v) is 10.3. The van der Waals surface area contributed by atoms with Crippen molar-refractivity contribution in [3.63, 3.8) is 0 Å². The molecule has 28 heteroatoms. The molecule has 0 saturated carbocycles. The summed E-state index contributed by atoms with van der Waals surface area (Å²) < 4.78 is 86.6. The van der Waals surface area contributed by atoms with Crippen LogP contribution in [-0.4, -0.2) is 184 Å². The lowest BCUT2D eigenvalue weighted by Crippen LogP contribution is -2.70. The fraction of sp³-hybridized carbons (Fsp3) is 0.750. The lowest BCUT2D eigenvalue weighted by Gasteiger charge is -2.50. The van der Waals surface area contributed by atoms with Crippen LogP contribution in [0.5, 0.6) is 0 Å². The number of esters is 10. The van der Waals surface area contributed by atoms with E-state index < -0.39 is 177 Å². The molecule has 28 nitrogen and oxygen atoms in total. The number of carbonyl (C=O) groups is 11. The minimum atomic E-state index is -2.09. The number of ether oxygens (including phenoxy) is 15. The number of carbonyl (C=O) groups excluding carboxylic acids is 11. The Morgan fingerprint density at radius 1 is 0.375 bits per heavy atom. The minimum absolute atomic E-state index is 0.0480. The van der Waals surface area contributed by atoms with Crippen LogP contribution in [0, 0.1) is 0 Å². The molecule has 0 aromatic heterocycles. The van der Waals surface area contributed by atoms with Gasteiger partial charge in [-0.15, -0.1) is 0 Å². The third-order valence-electron chi connectivity index (χ3n) is 10.3. The van der Waals surface area contributed by atoms with Crippen LogP contribution < -0.4 is 11.1 Å². The Morgan fingerprint density at radius 2 is 0.708 bits per heavy atom. The van der Waals surface area contributed by atoms with Gasteiger partial charge in [0.05, 0.1) is 0 Å². The van der Waals surface area contributed by atoms with Crippen LogP contribution in [0.1, 0.15) is 94.9 Å². The second-order valence-electron chi connectivity index (χ2n) is 16.5. The van der Waals surface area contributed by atoms with Crippen molar-refractivity contribution in [1.29, 1.82) is 0 Å². The molecule has 3 fully saturated rings. The van der Waals surface area contributed by atoms with Crippen LogP contribution in [0.3, 0.4) is 0 Å². The van der Waals surface area contributed by atoms with Gasteiger partial charge in [0.2, 0.25) is 5.91 Å². The number of rotatable bonds is 23. The van der Waals surface area contributed by atoms with Crippen LogP contribution in [0.15, 0.2) is 0 Å². The summed E-state index contributed by atoms with van der Waals surface area (Å²) in [5.74, 6) is -10.3. The van der Waals surface area contributed by atoms with Gasteiger partial charge >= 0.3 is 59.7 Å². The van der Waals surface area contributed by atoms with E-state index in [-0.39, 0.29) is 6.42 Å². The standard InChI is InChI=1S/C44H64N2O26/c1-19(47)58-16-29-35(36(63-24(6)52)39(65-26(8)54)42(68-29)46-32(57)14-12-11-13-15-45)71-43-41(67-28(10)56)38(34(62-23(5)51)31(69-43)18-60-21(3)49)72-44-40(66-27(9)55)37(64-25(7)53)33(61-22(4)50)30(70-44)17-59-20(2)48/h29-31,33-44H,11-18,45H2,1-10H3,(H,46,57)/t29-,30-,31-,33+,34+,35-,36+,37+,38+,39-,40-,41-,42-,43+,44+/m1/s1. The zero-order valence-electron chi connectivity index (χ0n) is 41.5. The summed E-state index contributed by atoms with van der Waals surface area (Å²) in [5, 5.41) is 2.60. The molecule has 0 unspecified atom stereocenters. The predicted molar refractivity (Wildman–Crippen MR) is 230 cm³/mol. The second-order valence-corrected chi connectivity index (χ2v) is 16.5. The highest BCUT2D eigenvalue weighted by molar-refractivity contribution is 5.76. The normalized spacial score (nSPS) is 29.9. The molecule has 3 saturated heterocycles. The van der Waals surface area contributed by atoms with Crippen LogP contribution >= 0.6 is 0 Å². The molecule has 3 heterocycles. The van der Waals surface area contributed by atoms with Crippen molar-refractivity contribution in [1.82, 2.24) is 5.32 Å². The molecular weight excluding hydrogens is 972 g/mol. The van der Waals surface area contributed by atoms with Crippen molar-refractivity contribution in [2.75, 3.05) is 26.4 Å². The Bertz CT molecular complexity index is 1950. The van der Waals surface area contributed by atoms with E-state index in [2.05, 4.69) is 5.32 Å². The van der Waals surface area contributed by atoms with Crippen molar-refractivity contribution >= 4 is 65.6 Å². The fourth-order valence-electron chi connectivity index (χ4n) is 7.75. The van der Waals surface area contributed by atoms with E-state index in [4.69, 9.17) is 76.8 Å². The van der Waals surface area contributed by atoms with Gasteiger partial charge < -0.3 is 82.1 Å². The third kappa shape index (κ3) is 19.2. The van der Waals surface area contributed by atoms with Gasteiger partial charge in [0.25, 0.3) is 0 Å². The summed E-state index contributed by atoms with van der Waals surface area (Å²) in [6, 6.07) is 0. The number of nitrogens with one attached hydrogen (secondary N) is 1. The van der Waals surface area contributed by atoms with Crippen molar-refractivity contribution in [2.24, 2.45) is 5.73 Å². The smallest absolute Gasteiger partial charge is 0.303 e. The van der Waals surface area contributed by atoms with Crippen molar-refractivity contribution in [2.45, 2.75) is 187 Å². The zero-order valence-corrected chi connectivity index (χ0v) is 41.5. The monoisotopic (exact) mass is 1040 g/mol. The highest BCUT2D eigenvalue weighted by Crippen LogP contribution is 2.38. The Hall–Kier alpha value is -6.07. The largest absolute Gasteiger partial charge is 0.463 e. The first-order valence-corrected chi connectivity index (χ1v) is 22.7. The molecule has 3 aliphatic heterocycles. The Morgan fingerprint density at radius 3 is 1.11 bits per heavy atom. The summed E-state index contributed by atoms with van der Waals surface area (Å²) in [6.45, 7) is 8.09. The highest BCUT2D eigenvalue weighted by atomic mass is 16.8. The van der Waals surface area contributed by atoms with E-state index in [1.807, 2.05) is 0 Å². The lowest BCUT2D eigenvalue weighted by atomic mass is 9.94. The molecule has 0 radical (unpaired) electrons. The molecule has 0 aliphatic carbocycles. The van der Waals surface area contributed by atoms with E-state index in [0.29, 0.717) is 25.8 Å². The van der Waals surface area contributed by atoms with Crippen LogP contribution in [0.4, 0.5) is 0 Å². The summed E-state index contributed by atoms with van der Waals surface area (Å²) in [5.41, 5.74) is 5.58. The lowest BCUT2D eigenvalue weighted by molar-refractivity contribution is -0.375. The molecule has 0 spiro atoms. The highest BCUT2D eigenvalue weighted by Gasteiger charge is 2.60. The molecule has 3 rings (SSSR count). The maximum atomic E-state index is 13.3. The number of unbranched alkanes of at least 4 members (excludes halogenated alkanes) is 2. The van der Waals surface area contributed by atoms with Crippen LogP contribution in [0.2, 0.25) is 0 Å². The maximum absolute atomic E-state index is 13.3. The van der Waals surface area contributed by atoms with E-state index in [9.17, 15) is 52.7 Å². The summed E-state index contributed by atoms with van der Waals surface area (Å²) in [6.07, 6.45) is -25.7. The van der Waals surface area contributed by atoms with Crippen molar-refractivity contribution in [3.8, 4) is 0 Å². The molecule has 15 atom stereocenters. The molecule has 1 amide bonds. The number of nitrogens with two attached hydrogens (primary N) is 1. The Kier molecular flexibility index (Phi) is 24.1. The van der Waals surface area contributed by atoms with E-state index in [0.717, 1.165) is 69.2 Å². The Labute approximate surface area is 413 Å². The fourth-order valence-corrected chi connectivity index (χ4v) is 7.75. The minimum Gasteiger partial charge on any atom is -0.463 e. The van der Waals surface area contributed by atoms with Crippen molar-refractivity contribution < 1.29 is 124 Å². The predicted octanol–water partition coefficient (Wildman–Crippen LogP) is -1.22. The number of amides is 1. The van der Waals surface area contributed by atoms with Gasteiger partial charge in [-0.25, -0.2) is 0 Å². The van der Waals surface area contributed by atoms with Crippen molar-refractivity contribution in [3.05, 3.63) is 0 Å². The topological polar surface area (TPSA) is 364 Å². The summed E-state index contributed by atoms with van der Waals surface area (Å²) in [7, 11) is 0. The van der Waals surface area contributed by atoms with E-state index >= 15 is 0 Å². The second kappa shape index (κ2) is 28.8. The van der Waals surface area contributed by atoms with E-state index in [1.54, 1.807) is 0 Å².